The van der Waals surface area contributed by atoms with Gasteiger partial charge in [0.1, 0.15) is 0 Å². The molecule has 7 aromatic carbocycles. The van der Waals surface area contributed by atoms with Gasteiger partial charge in [-0.05, 0) is 38.7 Å². The third-order valence-corrected chi connectivity index (χ3v) is 9.73. The summed E-state index contributed by atoms with van der Waals surface area (Å²) in [4.78, 5) is 14.7. The Kier molecular flexibility index (Phi) is 6.00. The van der Waals surface area contributed by atoms with Crippen molar-refractivity contribution in [3.8, 4) is 45.3 Å². The summed E-state index contributed by atoms with van der Waals surface area (Å²) in [6.07, 6.45) is 0. The molecule has 0 saturated carbocycles. The fourth-order valence-electron chi connectivity index (χ4n) is 6.35. The van der Waals surface area contributed by atoms with Gasteiger partial charge >= 0.3 is 0 Å². The molecule has 0 saturated heterocycles. The lowest BCUT2D eigenvalue weighted by molar-refractivity contribution is 1.07. The molecule has 0 spiro atoms. The summed E-state index contributed by atoms with van der Waals surface area (Å²) in [6.45, 7) is 0. The molecular weight excluding hydrogens is 567 g/mol. The van der Waals surface area contributed by atoms with Crippen LogP contribution in [0.25, 0.3) is 87.0 Å². The Labute approximate surface area is 264 Å². The van der Waals surface area contributed by atoms with E-state index in [9.17, 15) is 0 Å². The molecule has 9 rings (SSSR count). The topological polar surface area (TPSA) is 38.7 Å². The molecule has 0 atom stereocenters. The van der Waals surface area contributed by atoms with Gasteiger partial charge in [-0.2, -0.15) is 0 Å². The van der Waals surface area contributed by atoms with E-state index in [0.717, 1.165) is 16.7 Å². The number of thiophene rings is 1. The largest absolute Gasteiger partial charge is 0.208 e. The third kappa shape index (κ3) is 4.38. The molecule has 0 amide bonds. The molecule has 45 heavy (non-hydrogen) atoms. The van der Waals surface area contributed by atoms with E-state index < -0.39 is 0 Å². The first-order valence-electron chi connectivity index (χ1n) is 15.0. The highest BCUT2D eigenvalue weighted by molar-refractivity contribution is 7.26. The highest BCUT2D eigenvalue weighted by atomic mass is 32.1. The maximum atomic E-state index is 4.91. The second kappa shape index (κ2) is 10.5. The molecule has 0 radical (unpaired) electrons. The van der Waals surface area contributed by atoms with Crippen molar-refractivity contribution < 1.29 is 0 Å². The Morgan fingerprint density at radius 1 is 0.356 bits per heavy atom. The van der Waals surface area contributed by atoms with Crippen LogP contribution in [-0.2, 0) is 0 Å². The fraction of sp³-hybridized carbons (Fsp3) is 0. The lowest BCUT2D eigenvalue weighted by Gasteiger charge is -2.09. The van der Waals surface area contributed by atoms with Gasteiger partial charge in [-0.3, -0.25) is 0 Å². The van der Waals surface area contributed by atoms with E-state index in [0.29, 0.717) is 17.5 Å². The van der Waals surface area contributed by atoms with Crippen LogP contribution < -0.4 is 0 Å². The van der Waals surface area contributed by atoms with Crippen LogP contribution in [0.5, 0.6) is 0 Å². The summed E-state index contributed by atoms with van der Waals surface area (Å²) in [7, 11) is 0. The monoisotopic (exact) mass is 591 g/mol. The van der Waals surface area contributed by atoms with E-state index in [1.807, 2.05) is 72.0 Å². The lowest BCUT2D eigenvalue weighted by Crippen LogP contribution is -2.00. The quantitative estimate of drug-likeness (QED) is 0.191. The van der Waals surface area contributed by atoms with E-state index in [1.54, 1.807) is 0 Å². The van der Waals surface area contributed by atoms with Crippen molar-refractivity contribution in [2.45, 2.75) is 0 Å². The average molecular weight is 592 g/mol. The summed E-state index contributed by atoms with van der Waals surface area (Å²) < 4.78 is 2.61. The van der Waals surface area contributed by atoms with E-state index >= 15 is 0 Å². The molecule has 0 aliphatic rings. The number of hydrogen-bond donors (Lipinski definition) is 0. The highest BCUT2D eigenvalue weighted by Crippen LogP contribution is 2.44. The Morgan fingerprint density at radius 2 is 0.889 bits per heavy atom. The average Bonchev–Trinajstić information content (AvgIpc) is 3.51. The summed E-state index contributed by atoms with van der Waals surface area (Å²) >= 11 is 1.87. The van der Waals surface area contributed by atoms with E-state index in [1.165, 1.54) is 52.8 Å². The van der Waals surface area contributed by atoms with Crippen LogP contribution in [0.3, 0.4) is 0 Å². The SMILES string of the molecule is c1ccc(-c2nc(-c3ccccc3)nc(-c3ccc(-c4cccc5c4sc4ccc6ccc7ccccc7c6c45)cc3)n2)cc1. The smallest absolute Gasteiger partial charge is 0.164 e. The zero-order valence-electron chi connectivity index (χ0n) is 24.2. The Hall–Kier alpha value is -5.71. The zero-order chi connectivity index (χ0) is 29.7. The first-order valence-corrected chi connectivity index (χ1v) is 15.9. The van der Waals surface area contributed by atoms with Gasteiger partial charge in [0.25, 0.3) is 0 Å². The molecule has 0 bridgehead atoms. The first-order chi connectivity index (χ1) is 22.3. The molecule has 2 aromatic heterocycles. The van der Waals surface area contributed by atoms with Crippen LogP contribution in [0, 0.1) is 0 Å². The summed E-state index contributed by atoms with van der Waals surface area (Å²) in [5, 5.41) is 7.83. The van der Waals surface area contributed by atoms with Crippen molar-refractivity contribution in [2.24, 2.45) is 0 Å². The van der Waals surface area contributed by atoms with Crippen molar-refractivity contribution in [2.75, 3.05) is 0 Å². The standard InChI is InChI=1S/C41H25N3S/c1-3-11-29(12-4-1)39-42-40(30-13-5-2-6-14-30)44-41(43-39)31-22-19-27(20-23-31)33-16-9-17-34-37-35(45-38(33)34)25-24-28-21-18-26-10-7-8-15-32(26)36(28)37/h1-25H. The Bertz CT molecular complexity index is 2460. The van der Waals surface area contributed by atoms with E-state index in [-0.39, 0.29) is 0 Å². The number of hydrogen-bond acceptors (Lipinski definition) is 4. The molecule has 2 heterocycles. The second-order valence-corrected chi connectivity index (χ2v) is 12.3. The number of benzene rings is 7. The van der Waals surface area contributed by atoms with Crippen molar-refractivity contribution in [3.63, 3.8) is 0 Å². The maximum absolute atomic E-state index is 4.91. The van der Waals surface area contributed by atoms with Crippen molar-refractivity contribution in [1.82, 2.24) is 15.0 Å². The molecular formula is C41H25N3S. The van der Waals surface area contributed by atoms with Crippen molar-refractivity contribution in [3.05, 3.63) is 152 Å². The molecule has 4 heteroatoms. The van der Waals surface area contributed by atoms with Gasteiger partial charge in [0.05, 0.1) is 0 Å². The van der Waals surface area contributed by atoms with Gasteiger partial charge in [0.15, 0.2) is 17.5 Å². The van der Waals surface area contributed by atoms with Gasteiger partial charge in [0.2, 0.25) is 0 Å². The third-order valence-electron chi connectivity index (χ3n) is 8.52. The van der Waals surface area contributed by atoms with E-state index in [4.69, 9.17) is 15.0 Å². The van der Waals surface area contributed by atoms with Gasteiger partial charge in [0, 0.05) is 36.9 Å². The molecule has 0 N–H and O–H groups in total. The van der Waals surface area contributed by atoms with Crippen LogP contribution in [0.1, 0.15) is 0 Å². The Balaban J connectivity index is 1.18. The molecule has 9 aromatic rings. The number of nitrogens with zero attached hydrogens (tertiary/aromatic N) is 3. The second-order valence-electron chi connectivity index (χ2n) is 11.2. The van der Waals surface area contributed by atoms with Crippen LogP contribution >= 0.6 is 11.3 Å². The fourth-order valence-corrected chi connectivity index (χ4v) is 7.59. The van der Waals surface area contributed by atoms with Crippen LogP contribution in [0.15, 0.2) is 152 Å². The summed E-state index contributed by atoms with van der Waals surface area (Å²) in [5.74, 6) is 1.99. The molecule has 3 nitrogen and oxygen atoms in total. The minimum Gasteiger partial charge on any atom is -0.208 e. The highest BCUT2D eigenvalue weighted by Gasteiger charge is 2.16. The Morgan fingerprint density at radius 3 is 1.58 bits per heavy atom. The number of fused-ring (bicyclic) bond motifs is 7. The molecule has 210 valence electrons. The molecule has 0 unspecified atom stereocenters. The van der Waals surface area contributed by atoms with Gasteiger partial charge in [-0.1, -0.05) is 146 Å². The minimum absolute atomic E-state index is 0.660. The first kappa shape index (κ1) is 25.8. The van der Waals surface area contributed by atoms with Gasteiger partial charge < -0.3 is 0 Å². The maximum Gasteiger partial charge on any atom is 0.164 e. The summed E-state index contributed by atoms with van der Waals surface area (Å²) in [6, 6.07) is 53.2. The molecule has 0 fully saturated rings. The molecule has 0 aliphatic heterocycles. The van der Waals surface area contributed by atoms with Gasteiger partial charge in [-0.15, -0.1) is 11.3 Å². The normalized spacial score (nSPS) is 11.6. The predicted molar refractivity (Wildman–Crippen MR) is 189 cm³/mol. The lowest BCUT2D eigenvalue weighted by atomic mass is 9.96. The van der Waals surface area contributed by atoms with Crippen molar-refractivity contribution in [1.29, 1.82) is 0 Å². The number of aromatic nitrogens is 3. The van der Waals surface area contributed by atoms with E-state index in [2.05, 4.69) is 91.0 Å². The van der Waals surface area contributed by atoms with Gasteiger partial charge in [-0.25, -0.2) is 15.0 Å². The predicted octanol–water partition coefficient (Wildman–Crippen LogP) is 11.2. The van der Waals surface area contributed by atoms with Crippen molar-refractivity contribution >= 4 is 53.1 Å². The zero-order valence-corrected chi connectivity index (χ0v) is 25.0. The molecule has 0 aliphatic carbocycles. The minimum atomic E-state index is 0.660. The van der Waals surface area contributed by atoms with Crippen LogP contribution in [-0.4, -0.2) is 15.0 Å². The van der Waals surface area contributed by atoms with Crippen LogP contribution in [0.4, 0.5) is 0 Å². The summed E-state index contributed by atoms with van der Waals surface area (Å²) in [5.41, 5.74) is 5.29. The number of rotatable bonds is 4. The van der Waals surface area contributed by atoms with Crippen LogP contribution in [0.2, 0.25) is 0 Å².